The molecule has 2 unspecified atom stereocenters. The highest BCUT2D eigenvalue weighted by Crippen LogP contribution is 2.36. The van der Waals surface area contributed by atoms with E-state index in [0.717, 1.165) is 11.1 Å². The molecule has 0 amide bonds. The monoisotopic (exact) mass is 634 g/mol. The van der Waals surface area contributed by atoms with Crippen LogP contribution in [0.5, 0.6) is 23.0 Å². The van der Waals surface area contributed by atoms with Gasteiger partial charge in [-0.1, -0.05) is 53.7 Å². The minimum absolute atomic E-state index is 0.217. The largest absolute Gasteiger partial charge is 0.487 e. The number of rotatable bonds is 5. The number of ether oxygens (including phenoxy) is 4. The van der Waals surface area contributed by atoms with Crippen LogP contribution in [-0.4, -0.2) is 66.3 Å². The molecule has 0 aliphatic carbocycles. The van der Waals surface area contributed by atoms with Crippen molar-refractivity contribution in [2.75, 3.05) is 32.7 Å². The molecule has 0 aromatic heterocycles. The first-order chi connectivity index (χ1) is 18.9. The smallest absolute Gasteiger partial charge is 0.397 e. The van der Waals surface area contributed by atoms with Gasteiger partial charge in [0.1, 0.15) is 38.6 Å². The summed E-state index contributed by atoms with van der Waals surface area (Å²) >= 11 is 0. The zero-order chi connectivity index (χ0) is 30.6. The van der Waals surface area contributed by atoms with Crippen LogP contribution in [0, 0.1) is 0 Å². The molecule has 1 N–H and O–H groups in total. The molecular formula is C27H38O11S3. The first-order valence-corrected chi connectivity index (χ1v) is 17.3. The molecule has 1 aliphatic heterocycles. The average Bonchev–Trinajstić information content (AvgIpc) is 2.85. The van der Waals surface area contributed by atoms with Gasteiger partial charge in [-0.2, -0.15) is 16.8 Å². The molecule has 0 saturated carbocycles. The van der Waals surface area contributed by atoms with Crippen molar-refractivity contribution in [3.05, 3.63) is 47.5 Å². The van der Waals surface area contributed by atoms with E-state index in [2.05, 4.69) is 0 Å². The van der Waals surface area contributed by atoms with E-state index in [-0.39, 0.29) is 60.3 Å². The van der Waals surface area contributed by atoms with Gasteiger partial charge in [0.25, 0.3) is 0 Å². The number of benzene rings is 2. The summed E-state index contributed by atoms with van der Waals surface area (Å²) in [5, 5.41) is 0. The summed E-state index contributed by atoms with van der Waals surface area (Å²) in [6, 6.07) is 10.5. The lowest BCUT2D eigenvalue weighted by Crippen LogP contribution is -2.33. The van der Waals surface area contributed by atoms with E-state index in [1.807, 2.05) is 53.7 Å². The highest BCUT2D eigenvalue weighted by Gasteiger charge is 2.27. The minimum atomic E-state index is -4.84. The number of hydrogen-bond donors (Lipinski definition) is 1. The van der Waals surface area contributed by atoms with Crippen LogP contribution in [0.1, 0.15) is 52.7 Å². The van der Waals surface area contributed by atoms with Crippen LogP contribution in [0.25, 0.3) is 0 Å². The van der Waals surface area contributed by atoms with E-state index in [1.54, 1.807) is 24.3 Å². The molecule has 1 heterocycles. The second-order valence-electron chi connectivity index (χ2n) is 11.5. The lowest BCUT2D eigenvalue weighted by molar-refractivity contribution is 0.0617. The average molecular weight is 635 g/mol. The zero-order valence-electron chi connectivity index (χ0n) is 24.2. The molecule has 0 bridgehead atoms. The van der Waals surface area contributed by atoms with E-state index in [0.29, 0.717) is 10.8 Å². The Bertz CT molecular complexity index is 1410. The molecule has 3 rings (SSSR count). The van der Waals surface area contributed by atoms with Crippen LogP contribution in [0.2, 0.25) is 0 Å². The molecule has 11 nitrogen and oxygen atoms in total. The predicted molar refractivity (Wildman–Crippen MR) is 156 cm³/mol. The summed E-state index contributed by atoms with van der Waals surface area (Å²) in [4.78, 5) is 0. The Kier molecular flexibility index (Phi) is 10.5. The minimum Gasteiger partial charge on any atom is -0.487 e. The first kappa shape index (κ1) is 33.3. The number of fused-ring (bicyclic) bond motifs is 2. The van der Waals surface area contributed by atoms with E-state index in [9.17, 15) is 21.4 Å². The second kappa shape index (κ2) is 13.0. The molecule has 1 aliphatic rings. The van der Waals surface area contributed by atoms with Gasteiger partial charge in [0, 0.05) is 0 Å². The fourth-order valence-electron chi connectivity index (χ4n) is 3.73. The predicted octanol–water partition coefficient (Wildman–Crippen LogP) is 4.69. The van der Waals surface area contributed by atoms with Crippen LogP contribution in [0.4, 0.5) is 0 Å². The van der Waals surface area contributed by atoms with Crippen LogP contribution >= 0.6 is 10.8 Å². The van der Waals surface area contributed by atoms with Crippen LogP contribution < -0.4 is 18.9 Å². The van der Waals surface area contributed by atoms with Gasteiger partial charge in [-0.25, -0.2) is 4.18 Å². The summed E-state index contributed by atoms with van der Waals surface area (Å²) in [6.45, 7) is 11.0. The van der Waals surface area contributed by atoms with Crippen LogP contribution in [0.15, 0.2) is 36.4 Å². The van der Waals surface area contributed by atoms with Crippen molar-refractivity contribution in [2.45, 2.75) is 64.6 Å². The van der Waals surface area contributed by atoms with Crippen molar-refractivity contribution in [3.63, 3.8) is 0 Å². The highest BCUT2D eigenvalue weighted by molar-refractivity contribution is 8.70. The normalized spacial score (nSPS) is 19.3. The van der Waals surface area contributed by atoms with Gasteiger partial charge in [0.05, 0.1) is 0 Å². The van der Waals surface area contributed by atoms with Crippen molar-refractivity contribution in [2.24, 2.45) is 0 Å². The highest BCUT2D eigenvalue weighted by atomic mass is 33.1. The van der Waals surface area contributed by atoms with Gasteiger partial charge < -0.3 is 18.9 Å². The summed E-state index contributed by atoms with van der Waals surface area (Å²) < 4.78 is 91.2. The summed E-state index contributed by atoms with van der Waals surface area (Å²) in [5.74, 6) is 1.02. The maximum Gasteiger partial charge on any atom is 0.397 e. The quantitative estimate of drug-likeness (QED) is 0.360. The van der Waals surface area contributed by atoms with Gasteiger partial charge in [-0.3, -0.25) is 8.74 Å². The Labute approximate surface area is 246 Å². The molecule has 2 atom stereocenters. The molecule has 0 saturated heterocycles. The molecule has 2 aromatic carbocycles. The van der Waals surface area contributed by atoms with E-state index < -0.39 is 31.8 Å². The van der Waals surface area contributed by atoms with Gasteiger partial charge in [0.2, 0.25) is 0 Å². The third-order valence-electron chi connectivity index (χ3n) is 6.03. The lowest BCUT2D eigenvalue weighted by atomic mass is 9.87. The third kappa shape index (κ3) is 10.2. The van der Waals surface area contributed by atoms with E-state index in [1.165, 1.54) is 6.26 Å². The molecule has 0 fully saturated rings. The summed E-state index contributed by atoms with van der Waals surface area (Å²) in [7, 11) is -8.23. The number of hydrogen-bond acceptors (Lipinski definition) is 11. The van der Waals surface area contributed by atoms with Crippen molar-refractivity contribution in [1.29, 1.82) is 0 Å². The topological polar surface area (TPSA) is 144 Å². The van der Waals surface area contributed by atoms with Crippen LogP contribution in [0.3, 0.4) is 0 Å². The Morgan fingerprint density at radius 2 is 1.05 bits per heavy atom. The molecule has 2 aromatic rings. The van der Waals surface area contributed by atoms with Gasteiger partial charge >= 0.3 is 19.5 Å². The first-order valence-electron chi connectivity index (χ1n) is 12.8. The Hall–Kier alpha value is -2.23. The van der Waals surface area contributed by atoms with Crippen molar-refractivity contribution < 1.29 is 48.7 Å². The standard InChI is InChI=1S/C27H38O11S3/c1-26(2,3)18-9-11-23-24(12-18)35-15-20(37-40(28,29)30)14-33-22-10-8-19(27(4,5)6)13-25(22)36-17-21(16-34-23)38-41(31,32)39-7/h8-13,20-21H,14-17H2,1-7H3,(H,28,29,30). The lowest BCUT2D eigenvalue weighted by Gasteiger charge is -2.26. The van der Waals surface area contributed by atoms with Gasteiger partial charge in [-0.05, 0) is 63.3 Å². The van der Waals surface area contributed by atoms with Crippen molar-refractivity contribution in [1.82, 2.24) is 0 Å². The summed E-state index contributed by atoms with van der Waals surface area (Å²) in [5.41, 5.74) is 1.30. The van der Waals surface area contributed by atoms with Crippen molar-refractivity contribution >= 4 is 30.3 Å². The van der Waals surface area contributed by atoms with Gasteiger partial charge in [0.15, 0.2) is 23.0 Å². The van der Waals surface area contributed by atoms with Gasteiger partial charge in [-0.15, -0.1) is 0 Å². The molecule has 0 spiro atoms. The SMILES string of the molecule is CSS(=O)(=O)OC1COc2ccc(C(C)(C)C)cc2OCC(OS(=O)(=O)O)COc2ccc(C(C)(C)C)cc2OC1. The molecule has 14 heteroatoms. The molecule has 230 valence electrons. The van der Waals surface area contributed by atoms with Crippen LogP contribution in [-0.2, 0) is 38.7 Å². The zero-order valence-corrected chi connectivity index (χ0v) is 26.7. The van der Waals surface area contributed by atoms with Crippen molar-refractivity contribution in [3.8, 4) is 23.0 Å². The summed E-state index contributed by atoms with van der Waals surface area (Å²) in [6.07, 6.45) is -0.884. The van der Waals surface area contributed by atoms with E-state index >= 15 is 0 Å². The fraction of sp³-hybridized carbons (Fsp3) is 0.556. The Morgan fingerprint density at radius 1 is 0.683 bits per heavy atom. The Morgan fingerprint density at radius 3 is 1.39 bits per heavy atom. The third-order valence-corrected chi connectivity index (χ3v) is 8.93. The maximum atomic E-state index is 12.3. The fourth-order valence-corrected chi connectivity index (χ4v) is 5.28. The molecular weight excluding hydrogens is 596 g/mol. The molecule has 0 radical (unpaired) electrons. The maximum absolute atomic E-state index is 12.3. The second-order valence-corrected chi connectivity index (χ2v) is 16.1. The molecule has 41 heavy (non-hydrogen) atoms. The van der Waals surface area contributed by atoms with E-state index in [4.69, 9.17) is 27.3 Å². The Balaban J connectivity index is 2.05.